The van der Waals surface area contributed by atoms with Crippen molar-refractivity contribution in [3.8, 4) is 5.75 Å². The van der Waals surface area contributed by atoms with Crippen LogP contribution < -0.4 is 4.74 Å². The maximum absolute atomic E-state index is 6.48. The van der Waals surface area contributed by atoms with Gasteiger partial charge in [-0.25, -0.2) is 0 Å². The minimum absolute atomic E-state index is 0.0927. The van der Waals surface area contributed by atoms with E-state index in [0.29, 0.717) is 11.8 Å². The lowest BCUT2D eigenvalue weighted by Gasteiger charge is -2.55. The van der Waals surface area contributed by atoms with Gasteiger partial charge in [-0.15, -0.1) is 0 Å². The molecule has 2 nitrogen and oxygen atoms in total. The van der Waals surface area contributed by atoms with Crippen LogP contribution in [-0.2, 0) is 4.74 Å². The molecule has 0 saturated heterocycles. The third-order valence-electron chi connectivity index (χ3n) is 8.50. The second kappa shape index (κ2) is 10.3. The molecule has 4 bridgehead atoms. The quantitative estimate of drug-likeness (QED) is 0.333. The molecule has 31 heavy (non-hydrogen) atoms. The number of rotatable bonds is 11. The van der Waals surface area contributed by atoms with Crippen molar-refractivity contribution in [1.29, 1.82) is 0 Å². The van der Waals surface area contributed by atoms with Gasteiger partial charge in [0, 0.05) is 6.42 Å². The molecule has 0 N–H and O–H groups in total. The first-order chi connectivity index (χ1) is 14.9. The molecule has 0 aliphatic heterocycles. The fraction of sp³-hybridized carbons (Fsp3) is 0.793. The molecule has 0 radical (unpaired) electrons. The summed E-state index contributed by atoms with van der Waals surface area (Å²) >= 11 is 0. The highest BCUT2D eigenvalue weighted by Crippen LogP contribution is 2.57. The fourth-order valence-electron chi connectivity index (χ4n) is 7.29. The molecule has 5 rings (SSSR count). The van der Waals surface area contributed by atoms with Crippen molar-refractivity contribution >= 4 is 0 Å². The van der Waals surface area contributed by atoms with E-state index in [0.717, 1.165) is 60.7 Å². The van der Waals surface area contributed by atoms with Gasteiger partial charge in [-0.3, -0.25) is 0 Å². The zero-order valence-corrected chi connectivity index (χ0v) is 20.7. The van der Waals surface area contributed by atoms with Gasteiger partial charge in [0.2, 0.25) is 0 Å². The van der Waals surface area contributed by atoms with Gasteiger partial charge in [-0.2, -0.15) is 0 Å². The van der Waals surface area contributed by atoms with Crippen LogP contribution in [0.5, 0.6) is 5.75 Å². The van der Waals surface area contributed by atoms with Crippen molar-refractivity contribution in [2.75, 3.05) is 6.61 Å². The van der Waals surface area contributed by atoms with Gasteiger partial charge < -0.3 is 9.47 Å². The summed E-state index contributed by atoms with van der Waals surface area (Å²) in [5.41, 5.74) is 1.45. The van der Waals surface area contributed by atoms with Crippen LogP contribution in [0.15, 0.2) is 24.3 Å². The molecule has 1 aromatic rings. The normalized spacial score (nSPS) is 31.4. The second-order valence-corrected chi connectivity index (χ2v) is 11.8. The van der Waals surface area contributed by atoms with Gasteiger partial charge in [0.15, 0.2) is 6.29 Å². The summed E-state index contributed by atoms with van der Waals surface area (Å²) in [6.07, 6.45) is 10.7. The van der Waals surface area contributed by atoms with E-state index in [9.17, 15) is 0 Å². The van der Waals surface area contributed by atoms with Crippen LogP contribution >= 0.6 is 0 Å². The summed E-state index contributed by atoms with van der Waals surface area (Å²) in [5.74, 6) is 7.70. The van der Waals surface area contributed by atoms with Crippen LogP contribution in [-0.4, -0.2) is 12.9 Å². The molecule has 4 aliphatic carbocycles. The predicted octanol–water partition coefficient (Wildman–Crippen LogP) is 8.07. The minimum atomic E-state index is -0.0927. The lowest BCUT2D eigenvalue weighted by Crippen LogP contribution is -2.46. The van der Waals surface area contributed by atoms with Crippen LogP contribution in [0.2, 0.25) is 0 Å². The molecule has 174 valence electrons. The standard InChI is InChI=1S/C29H46O2/c1-6-11-30-29(18-28-24-14-21-13-22(16-24)17-25(28)15-21)31-26-9-7-23(8-10-26)27(20(4)5)12-19(2)3/h7-10,19-22,24-25,27-29H,6,11-18H2,1-5H3. The summed E-state index contributed by atoms with van der Waals surface area (Å²) in [5, 5.41) is 0. The molecule has 4 fully saturated rings. The van der Waals surface area contributed by atoms with Crippen LogP contribution in [0.3, 0.4) is 0 Å². The Morgan fingerprint density at radius 1 is 0.871 bits per heavy atom. The topological polar surface area (TPSA) is 18.5 Å². The third-order valence-corrected chi connectivity index (χ3v) is 8.50. The van der Waals surface area contributed by atoms with Crippen molar-refractivity contribution in [2.45, 2.75) is 98.2 Å². The average Bonchev–Trinajstić information content (AvgIpc) is 2.72. The number of ether oxygens (including phenoxy) is 2. The summed E-state index contributed by atoms with van der Waals surface area (Å²) in [7, 11) is 0. The van der Waals surface area contributed by atoms with E-state index in [2.05, 4.69) is 58.9 Å². The van der Waals surface area contributed by atoms with Crippen LogP contribution in [0.25, 0.3) is 0 Å². The highest BCUT2D eigenvalue weighted by molar-refractivity contribution is 5.30. The Balaban J connectivity index is 1.40. The van der Waals surface area contributed by atoms with Gasteiger partial charge in [0.05, 0.1) is 6.61 Å². The van der Waals surface area contributed by atoms with E-state index >= 15 is 0 Å². The SMILES string of the molecule is CCCOC(CC1C2CC3CC(C2)CC1C3)Oc1ccc(C(CC(C)C)C(C)C)cc1. The third kappa shape index (κ3) is 5.67. The molecule has 2 atom stereocenters. The molecule has 0 aromatic heterocycles. The molecule has 2 unspecified atom stereocenters. The Labute approximate surface area is 191 Å². The van der Waals surface area contributed by atoms with Gasteiger partial charge in [-0.05, 0) is 110 Å². The van der Waals surface area contributed by atoms with Crippen LogP contribution in [0.1, 0.15) is 97.5 Å². The first-order valence-electron chi connectivity index (χ1n) is 13.3. The van der Waals surface area contributed by atoms with Gasteiger partial charge >= 0.3 is 0 Å². The number of hydrogen-bond acceptors (Lipinski definition) is 2. The summed E-state index contributed by atoms with van der Waals surface area (Å²) in [6.45, 7) is 12.3. The zero-order valence-electron chi connectivity index (χ0n) is 20.7. The fourth-order valence-corrected chi connectivity index (χ4v) is 7.29. The van der Waals surface area contributed by atoms with Gasteiger partial charge in [-0.1, -0.05) is 46.8 Å². The number of benzene rings is 1. The largest absolute Gasteiger partial charge is 0.465 e. The molecular formula is C29H46O2. The Kier molecular flexibility index (Phi) is 7.68. The molecule has 1 aromatic carbocycles. The smallest absolute Gasteiger partial charge is 0.200 e. The molecule has 0 heterocycles. The summed E-state index contributed by atoms with van der Waals surface area (Å²) in [6, 6.07) is 8.96. The number of hydrogen-bond donors (Lipinski definition) is 0. The minimum Gasteiger partial charge on any atom is -0.465 e. The van der Waals surface area contributed by atoms with Crippen molar-refractivity contribution in [2.24, 2.45) is 41.4 Å². The highest BCUT2D eigenvalue weighted by atomic mass is 16.7. The molecule has 2 heteroatoms. The van der Waals surface area contributed by atoms with E-state index in [1.54, 1.807) is 0 Å². The van der Waals surface area contributed by atoms with Crippen molar-refractivity contribution in [3.63, 3.8) is 0 Å². The van der Waals surface area contributed by atoms with E-state index in [4.69, 9.17) is 9.47 Å². The maximum Gasteiger partial charge on any atom is 0.200 e. The van der Waals surface area contributed by atoms with E-state index < -0.39 is 0 Å². The molecule has 4 aliphatic rings. The van der Waals surface area contributed by atoms with Crippen molar-refractivity contribution in [3.05, 3.63) is 29.8 Å². The lowest BCUT2D eigenvalue weighted by atomic mass is 9.51. The Morgan fingerprint density at radius 3 is 2.00 bits per heavy atom. The molecule has 0 amide bonds. The molecule has 4 saturated carbocycles. The maximum atomic E-state index is 6.48. The lowest BCUT2D eigenvalue weighted by molar-refractivity contribution is -0.125. The Morgan fingerprint density at radius 2 is 1.48 bits per heavy atom. The van der Waals surface area contributed by atoms with E-state index in [-0.39, 0.29) is 6.29 Å². The summed E-state index contributed by atoms with van der Waals surface area (Å²) in [4.78, 5) is 0. The van der Waals surface area contributed by atoms with Crippen molar-refractivity contribution < 1.29 is 9.47 Å². The monoisotopic (exact) mass is 426 g/mol. The molecular weight excluding hydrogens is 380 g/mol. The predicted molar refractivity (Wildman–Crippen MR) is 129 cm³/mol. The molecule has 0 spiro atoms. The van der Waals surface area contributed by atoms with E-state index in [1.807, 2.05) is 0 Å². The van der Waals surface area contributed by atoms with E-state index in [1.165, 1.54) is 44.1 Å². The van der Waals surface area contributed by atoms with Crippen LogP contribution in [0.4, 0.5) is 0 Å². The first kappa shape index (κ1) is 23.1. The first-order valence-corrected chi connectivity index (χ1v) is 13.3. The summed E-state index contributed by atoms with van der Waals surface area (Å²) < 4.78 is 12.7. The Bertz CT molecular complexity index is 648. The van der Waals surface area contributed by atoms with Gasteiger partial charge in [0.25, 0.3) is 0 Å². The zero-order chi connectivity index (χ0) is 22.0. The Hall–Kier alpha value is -1.02. The average molecular weight is 427 g/mol. The van der Waals surface area contributed by atoms with Crippen molar-refractivity contribution in [1.82, 2.24) is 0 Å². The van der Waals surface area contributed by atoms with Gasteiger partial charge in [0.1, 0.15) is 5.75 Å². The highest BCUT2D eigenvalue weighted by Gasteiger charge is 2.48. The van der Waals surface area contributed by atoms with Crippen LogP contribution in [0, 0.1) is 41.4 Å². The second-order valence-electron chi connectivity index (χ2n) is 11.8.